The van der Waals surface area contributed by atoms with E-state index in [1.807, 2.05) is 19.1 Å². The number of allylic oxidation sites excluding steroid dienone is 1. The Bertz CT molecular complexity index is 1180. The fourth-order valence-corrected chi connectivity index (χ4v) is 8.38. The molecule has 0 radical (unpaired) electrons. The summed E-state index contributed by atoms with van der Waals surface area (Å²) in [6.07, 6.45) is 11.2. The van der Waals surface area contributed by atoms with Crippen LogP contribution in [0.3, 0.4) is 0 Å². The van der Waals surface area contributed by atoms with Crippen molar-refractivity contribution in [1.82, 2.24) is 10.3 Å². The second-order valence-corrected chi connectivity index (χ2v) is 12.5. The first-order chi connectivity index (χ1) is 18.6. The van der Waals surface area contributed by atoms with Gasteiger partial charge in [0, 0.05) is 37.2 Å². The number of ether oxygens (including phenoxy) is 1. The van der Waals surface area contributed by atoms with Gasteiger partial charge in [0.05, 0.1) is 6.42 Å². The molecule has 3 fully saturated rings. The highest BCUT2D eigenvalue weighted by atomic mass is 16.5. The summed E-state index contributed by atoms with van der Waals surface area (Å²) in [7, 11) is 0. The predicted octanol–water partition coefficient (Wildman–Crippen LogP) is 3.85. The molecule has 8 nitrogen and oxygen atoms in total. The Morgan fingerprint density at radius 3 is 2.64 bits per heavy atom. The van der Waals surface area contributed by atoms with Gasteiger partial charge in [-0.25, -0.2) is 0 Å². The maximum absolute atomic E-state index is 13.4. The van der Waals surface area contributed by atoms with Crippen molar-refractivity contribution in [1.29, 1.82) is 0 Å². The number of carbonyl (C=O) groups excluding carboxylic acids is 4. The molecule has 4 aliphatic rings. The Morgan fingerprint density at radius 2 is 1.87 bits per heavy atom. The molecule has 39 heavy (non-hydrogen) atoms. The van der Waals surface area contributed by atoms with Crippen LogP contribution in [0.2, 0.25) is 0 Å². The molecule has 6 atom stereocenters. The van der Waals surface area contributed by atoms with Gasteiger partial charge >= 0.3 is 5.97 Å². The Hall–Kier alpha value is -2.87. The van der Waals surface area contributed by atoms with E-state index in [1.54, 1.807) is 18.5 Å². The number of amides is 1. The van der Waals surface area contributed by atoms with Gasteiger partial charge in [0.15, 0.2) is 12.4 Å². The maximum Gasteiger partial charge on any atom is 0.306 e. The van der Waals surface area contributed by atoms with E-state index in [0.29, 0.717) is 31.2 Å². The molecule has 0 spiro atoms. The van der Waals surface area contributed by atoms with E-state index in [4.69, 9.17) is 4.74 Å². The molecule has 0 aromatic carbocycles. The van der Waals surface area contributed by atoms with Crippen molar-refractivity contribution in [3.63, 3.8) is 0 Å². The van der Waals surface area contributed by atoms with Gasteiger partial charge in [0.2, 0.25) is 11.7 Å². The SMILES string of the molecule is CC12CCC(=O)C=C1CCC1C2CCC2(C)C1CCC2(O)C(=O)COC(=O)CCC(=O)NCc1cccnc1. The number of aliphatic hydroxyl groups is 1. The summed E-state index contributed by atoms with van der Waals surface area (Å²) in [5, 5.41) is 14.5. The number of pyridine rings is 1. The van der Waals surface area contributed by atoms with Crippen LogP contribution in [0.4, 0.5) is 0 Å². The van der Waals surface area contributed by atoms with E-state index in [2.05, 4.69) is 17.2 Å². The lowest BCUT2D eigenvalue weighted by Gasteiger charge is -2.58. The zero-order valence-electron chi connectivity index (χ0n) is 23.0. The topological polar surface area (TPSA) is 123 Å². The highest BCUT2D eigenvalue weighted by Crippen LogP contribution is 2.67. The average Bonchev–Trinajstić information content (AvgIpc) is 3.21. The summed E-state index contributed by atoms with van der Waals surface area (Å²) in [6, 6.07) is 3.63. The lowest BCUT2D eigenvalue weighted by atomic mass is 9.46. The number of esters is 1. The zero-order chi connectivity index (χ0) is 27.8. The van der Waals surface area contributed by atoms with Crippen LogP contribution in [0.25, 0.3) is 0 Å². The minimum absolute atomic E-state index is 0.0304. The number of aromatic nitrogens is 1. The van der Waals surface area contributed by atoms with Crippen LogP contribution in [0.5, 0.6) is 0 Å². The summed E-state index contributed by atoms with van der Waals surface area (Å²) in [6.45, 7) is 4.21. The Labute approximate surface area is 230 Å². The molecule has 8 heteroatoms. The molecular formula is C31H40N2O6. The minimum atomic E-state index is -1.52. The summed E-state index contributed by atoms with van der Waals surface area (Å²) < 4.78 is 5.24. The highest BCUT2D eigenvalue weighted by molar-refractivity contribution is 5.92. The van der Waals surface area contributed by atoms with Crippen molar-refractivity contribution in [3.05, 3.63) is 41.7 Å². The van der Waals surface area contributed by atoms with Gasteiger partial charge in [-0.15, -0.1) is 0 Å². The number of carbonyl (C=O) groups is 4. The number of nitrogens with one attached hydrogen (secondary N) is 1. The van der Waals surface area contributed by atoms with Gasteiger partial charge in [0.1, 0.15) is 5.60 Å². The third-order valence-corrected chi connectivity index (χ3v) is 10.7. The highest BCUT2D eigenvalue weighted by Gasteiger charge is 2.66. The number of hydrogen-bond donors (Lipinski definition) is 2. The molecular weight excluding hydrogens is 496 g/mol. The first kappa shape index (κ1) is 27.7. The molecule has 2 N–H and O–H groups in total. The monoisotopic (exact) mass is 536 g/mol. The van der Waals surface area contributed by atoms with E-state index < -0.39 is 29.4 Å². The van der Waals surface area contributed by atoms with Crippen LogP contribution in [-0.2, 0) is 30.5 Å². The van der Waals surface area contributed by atoms with Crippen molar-refractivity contribution in [2.45, 2.75) is 90.2 Å². The normalized spacial score (nSPS) is 35.2. The minimum Gasteiger partial charge on any atom is -0.458 e. The molecule has 0 aliphatic heterocycles. The van der Waals surface area contributed by atoms with Crippen LogP contribution in [-0.4, -0.2) is 45.7 Å². The quantitative estimate of drug-likeness (QED) is 0.484. The molecule has 5 rings (SSSR count). The number of rotatable bonds is 8. The van der Waals surface area contributed by atoms with E-state index in [-0.39, 0.29) is 35.9 Å². The molecule has 1 heterocycles. The Kier molecular flexibility index (Phi) is 7.53. The van der Waals surface area contributed by atoms with Gasteiger partial charge in [0.25, 0.3) is 0 Å². The molecule has 6 unspecified atom stereocenters. The lowest BCUT2D eigenvalue weighted by Crippen LogP contribution is -2.58. The molecule has 0 bridgehead atoms. The molecule has 1 aromatic rings. The largest absolute Gasteiger partial charge is 0.458 e. The average molecular weight is 537 g/mol. The molecule has 4 aliphatic carbocycles. The standard InChI is InChI=1S/C31H40N2O6/c1-29-12-9-22(34)16-21(29)5-6-23-24(29)10-13-30(2)25(23)11-14-31(30,38)26(35)19-39-28(37)8-7-27(36)33-18-20-4-3-15-32-17-20/h3-4,15-17,23-25,38H,5-14,18-19H2,1-2H3,(H,33,36). The second kappa shape index (κ2) is 10.6. The molecule has 3 saturated carbocycles. The van der Waals surface area contributed by atoms with Crippen molar-refractivity contribution < 1.29 is 29.0 Å². The number of ketones is 2. The smallest absolute Gasteiger partial charge is 0.306 e. The molecule has 210 valence electrons. The Balaban J connectivity index is 1.15. The predicted molar refractivity (Wildman–Crippen MR) is 143 cm³/mol. The van der Waals surface area contributed by atoms with Crippen LogP contribution in [0.1, 0.15) is 83.6 Å². The maximum atomic E-state index is 13.4. The summed E-state index contributed by atoms with van der Waals surface area (Å²) in [4.78, 5) is 53.8. The van der Waals surface area contributed by atoms with Gasteiger partial charge in [-0.2, -0.15) is 0 Å². The molecule has 1 aromatic heterocycles. The van der Waals surface area contributed by atoms with E-state index in [0.717, 1.165) is 44.1 Å². The van der Waals surface area contributed by atoms with E-state index in [9.17, 15) is 24.3 Å². The van der Waals surface area contributed by atoms with Gasteiger partial charge < -0.3 is 15.2 Å². The third-order valence-electron chi connectivity index (χ3n) is 10.7. The number of hydrogen-bond acceptors (Lipinski definition) is 7. The first-order valence-electron chi connectivity index (χ1n) is 14.4. The van der Waals surface area contributed by atoms with Crippen molar-refractivity contribution >= 4 is 23.4 Å². The van der Waals surface area contributed by atoms with Crippen LogP contribution in [0, 0.1) is 28.6 Å². The number of nitrogens with zero attached hydrogens (tertiary/aromatic N) is 1. The lowest BCUT2D eigenvalue weighted by molar-refractivity contribution is -0.170. The van der Waals surface area contributed by atoms with E-state index in [1.165, 1.54) is 5.57 Å². The van der Waals surface area contributed by atoms with Crippen LogP contribution in [0.15, 0.2) is 36.2 Å². The van der Waals surface area contributed by atoms with Crippen LogP contribution < -0.4 is 5.32 Å². The van der Waals surface area contributed by atoms with Crippen molar-refractivity contribution in [2.75, 3.05) is 6.61 Å². The van der Waals surface area contributed by atoms with E-state index >= 15 is 0 Å². The summed E-state index contributed by atoms with van der Waals surface area (Å²) >= 11 is 0. The number of fused-ring (bicyclic) bond motifs is 5. The summed E-state index contributed by atoms with van der Waals surface area (Å²) in [5.74, 6) is -0.0192. The van der Waals surface area contributed by atoms with Crippen molar-refractivity contribution in [3.8, 4) is 0 Å². The fraction of sp³-hybridized carbons (Fsp3) is 0.645. The molecule has 1 amide bonds. The van der Waals surface area contributed by atoms with Crippen molar-refractivity contribution in [2.24, 2.45) is 28.6 Å². The summed E-state index contributed by atoms with van der Waals surface area (Å²) in [5.41, 5.74) is 0.0985. The van der Waals surface area contributed by atoms with Gasteiger partial charge in [-0.3, -0.25) is 24.2 Å². The zero-order valence-corrected chi connectivity index (χ0v) is 23.0. The van der Waals surface area contributed by atoms with Gasteiger partial charge in [-0.1, -0.05) is 25.5 Å². The van der Waals surface area contributed by atoms with Gasteiger partial charge in [-0.05, 0) is 85.8 Å². The third kappa shape index (κ3) is 4.96. The Morgan fingerprint density at radius 1 is 1.08 bits per heavy atom. The fourth-order valence-electron chi connectivity index (χ4n) is 8.38. The second-order valence-electron chi connectivity index (χ2n) is 12.5. The first-order valence-corrected chi connectivity index (χ1v) is 14.4. The molecule has 0 saturated heterocycles. The number of Topliss-reactive ketones (excluding diaryl/α,β-unsaturated/α-hetero) is 1. The van der Waals surface area contributed by atoms with Crippen LogP contribution >= 0.6 is 0 Å².